The number of carbonyl (C=O) groups is 1. The molecule has 0 aliphatic heterocycles. The average Bonchev–Trinajstić information content (AvgIpc) is 2.78. The molecule has 3 aromatic rings. The Labute approximate surface area is 181 Å². The average molecular weight is 425 g/mol. The van der Waals surface area contributed by atoms with E-state index in [4.69, 9.17) is 16.3 Å². The number of aliphatic hydroxyl groups excluding tert-OH is 1. The number of ether oxygens (including phenoxy) is 1. The minimum atomic E-state index is -0.603. The van der Waals surface area contributed by atoms with Crippen LogP contribution in [0, 0.1) is 0 Å². The topological polar surface area (TPSA) is 70.6 Å². The number of carbonyl (C=O) groups excluding carboxylic acids is 1. The van der Waals surface area contributed by atoms with E-state index in [1.54, 1.807) is 18.2 Å². The highest BCUT2D eigenvalue weighted by molar-refractivity contribution is 6.30. The van der Waals surface area contributed by atoms with Crippen molar-refractivity contribution >= 4 is 23.3 Å². The number of esters is 1. The van der Waals surface area contributed by atoms with E-state index < -0.39 is 6.10 Å². The summed E-state index contributed by atoms with van der Waals surface area (Å²) in [7, 11) is 1.38. The van der Waals surface area contributed by atoms with Crippen molar-refractivity contribution in [2.24, 2.45) is 0 Å². The zero-order valence-corrected chi connectivity index (χ0v) is 17.5. The maximum atomic E-state index is 11.8. The maximum Gasteiger partial charge on any atom is 0.337 e. The molecule has 0 saturated heterocycles. The Balaban J connectivity index is 1.51. The van der Waals surface area contributed by atoms with Gasteiger partial charge in [-0.05, 0) is 53.1 Å². The molecule has 0 aromatic heterocycles. The second kappa shape index (κ2) is 10.8. The number of aliphatic hydroxyl groups is 1. The molecule has 0 radical (unpaired) electrons. The third-order valence-electron chi connectivity index (χ3n) is 4.68. The first-order valence-corrected chi connectivity index (χ1v) is 10.1. The summed E-state index contributed by atoms with van der Waals surface area (Å²) in [6.45, 7) is 1.84. The Bertz CT molecular complexity index is 993. The number of rotatable bonds is 9. The molecule has 0 amide bonds. The molecule has 0 aliphatic carbocycles. The van der Waals surface area contributed by atoms with Crippen LogP contribution in [-0.4, -0.2) is 37.8 Å². The molecular weight excluding hydrogens is 400 g/mol. The predicted octanol–water partition coefficient (Wildman–Crippen LogP) is 4.53. The van der Waals surface area contributed by atoms with E-state index in [2.05, 4.69) is 10.6 Å². The molecule has 0 fully saturated rings. The first-order valence-electron chi connectivity index (χ1n) is 9.74. The first-order chi connectivity index (χ1) is 14.6. The SMILES string of the molecule is COC(=O)c1cccc(-c2cccc(NCCNCC(O)c3cccc(Cl)c3)c2)c1. The summed E-state index contributed by atoms with van der Waals surface area (Å²) < 4.78 is 4.80. The van der Waals surface area contributed by atoms with Crippen LogP contribution >= 0.6 is 11.6 Å². The van der Waals surface area contributed by atoms with Gasteiger partial charge in [-0.2, -0.15) is 0 Å². The van der Waals surface area contributed by atoms with E-state index in [-0.39, 0.29) is 5.97 Å². The summed E-state index contributed by atoms with van der Waals surface area (Å²) in [6, 6.07) is 22.6. The maximum absolute atomic E-state index is 11.8. The third kappa shape index (κ3) is 6.07. The van der Waals surface area contributed by atoms with Gasteiger partial charge in [0.15, 0.2) is 0 Å². The van der Waals surface area contributed by atoms with E-state index >= 15 is 0 Å². The highest BCUT2D eigenvalue weighted by Gasteiger charge is 2.08. The summed E-state index contributed by atoms with van der Waals surface area (Å²) >= 11 is 5.96. The minimum Gasteiger partial charge on any atom is -0.465 e. The molecule has 0 saturated carbocycles. The van der Waals surface area contributed by atoms with Crippen molar-refractivity contribution in [1.29, 1.82) is 0 Å². The van der Waals surface area contributed by atoms with Gasteiger partial charge in [0.2, 0.25) is 0 Å². The minimum absolute atomic E-state index is 0.350. The van der Waals surface area contributed by atoms with Crippen LogP contribution in [0.5, 0.6) is 0 Å². The zero-order valence-electron chi connectivity index (χ0n) is 16.8. The Kier molecular flexibility index (Phi) is 7.85. The first kappa shape index (κ1) is 21.8. The number of hydrogen-bond donors (Lipinski definition) is 3. The second-order valence-electron chi connectivity index (χ2n) is 6.85. The lowest BCUT2D eigenvalue weighted by Gasteiger charge is -2.13. The normalized spacial score (nSPS) is 11.7. The van der Waals surface area contributed by atoms with Crippen molar-refractivity contribution in [2.75, 3.05) is 32.1 Å². The van der Waals surface area contributed by atoms with Crippen LogP contribution in [0.3, 0.4) is 0 Å². The lowest BCUT2D eigenvalue weighted by atomic mass is 10.0. The number of nitrogens with one attached hydrogen (secondary N) is 2. The van der Waals surface area contributed by atoms with Crippen molar-refractivity contribution in [3.63, 3.8) is 0 Å². The zero-order chi connectivity index (χ0) is 21.3. The molecular formula is C24H25ClN2O3. The van der Waals surface area contributed by atoms with Gasteiger partial charge in [0.05, 0.1) is 18.8 Å². The van der Waals surface area contributed by atoms with Crippen molar-refractivity contribution in [1.82, 2.24) is 5.32 Å². The quantitative estimate of drug-likeness (QED) is 0.348. The van der Waals surface area contributed by atoms with Gasteiger partial charge in [0, 0.05) is 30.3 Å². The molecule has 1 unspecified atom stereocenters. The van der Waals surface area contributed by atoms with Gasteiger partial charge in [-0.15, -0.1) is 0 Å². The number of halogens is 1. The van der Waals surface area contributed by atoms with E-state index in [0.29, 0.717) is 30.2 Å². The molecule has 3 aromatic carbocycles. The summed E-state index contributed by atoms with van der Waals surface area (Å²) in [5, 5.41) is 17.5. The fourth-order valence-electron chi connectivity index (χ4n) is 3.12. The fraction of sp³-hybridized carbons (Fsp3) is 0.208. The van der Waals surface area contributed by atoms with Crippen molar-refractivity contribution in [2.45, 2.75) is 6.10 Å². The highest BCUT2D eigenvalue weighted by Crippen LogP contribution is 2.24. The van der Waals surface area contributed by atoms with Crippen LogP contribution in [-0.2, 0) is 4.74 Å². The van der Waals surface area contributed by atoms with Crippen LogP contribution in [0.2, 0.25) is 5.02 Å². The van der Waals surface area contributed by atoms with Gasteiger partial charge in [0.25, 0.3) is 0 Å². The van der Waals surface area contributed by atoms with Crippen LogP contribution in [0.25, 0.3) is 11.1 Å². The Hall–Kier alpha value is -2.86. The van der Waals surface area contributed by atoms with Crippen LogP contribution in [0.4, 0.5) is 5.69 Å². The van der Waals surface area contributed by atoms with E-state index in [1.807, 2.05) is 54.6 Å². The lowest BCUT2D eigenvalue weighted by Crippen LogP contribution is -2.26. The van der Waals surface area contributed by atoms with Crippen LogP contribution in [0.15, 0.2) is 72.8 Å². The summed E-state index contributed by atoms with van der Waals surface area (Å²) in [6.07, 6.45) is -0.603. The van der Waals surface area contributed by atoms with Gasteiger partial charge in [0.1, 0.15) is 0 Å². The summed E-state index contributed by atoms with van der Waals surface area (Å²) in [4.78, 5) is 11.8. The lowest BCUT2D eigenvalue weighted by molar-refractivity contribution is 0.0601. The summed E-state index contributed by atoms with van der Waals surface area (Å²) in [5.41, 5.74) is 4.26. The molecule has 0 aliphatic rings. The number of hydrogen-bond acceptors (Lipinski definition) is 5. The number of benzene rings is 3. The van der Waals surface area contributed by atoms with Gasteiger partial charge in [-0.3, -0.25) is 0 Å². The molecule has 30 heavy (non-hydrogen) atoms. The number of anilines is 1. The summed E-state index contributed by atoms with van der Waals surface area (Å²) in [5.74, 6) is -0.350. The van der Waals surface area contributed by atoms with Crippen LogP contribution in [0.1, 0.15) is 22.0 Å². The molecule has 0 spiro atoms. The van der Waals surface area contributed by atoms with Gasteiger partial charge >= 0.3 is 5.97 Å². The second-order valence-corrected chi connectivity index (χ2v) is 7.29. The molecule has 5 nitrogen and oxygen atoms in total. The number of methoxy groups -OCH3 is 1. The Morgan fingerprint density at radius 3 is 2.50 bits per heavy atom. The molecule has 0 heterocycles. The van der Waals surface area contributed by atoms with E-state index in [1.165, 1.54) is 7.11 Å². The van der Waals surface area contributed by atoms with Crippen molar-refractivity contribution in [3.05, 3.63) is 88.9 Å². The highest BCUT2D eigenvalue weighted by atomic mass is 35.5. The largest absolute Gasteiger partial charge is 0.465 e. The standard InChI is InChI=1S/C24H25ClN2O3/c1-30-24(29)20-8-2-5-17(13-20)18-6-4-10-22(15-18)27-12-11-26-16-23(28)19-7-3-9-21(25)14-19/h2-10,13-15,23,26-28H,11-12,16H2,1H3. The third-order valence-corrected chi connectivity index (χ3v) is 4.92. The Morgan fingerprint density at radius 1 is 1.00 bits per heavy atom. The van der Waals surface area contributed by atoms with Crippen molar-refractivity contribution in [3.8, 4) is 11.1 Å². The van der Waals surface area contributed by atoms with Crippen molar-refractivity contribution < 1.29 is 14.6 Å². The molecule has 3 rings (SSSR count). The predicted molar refractivity (Wildman–Crippen MR) is 121 cm³/mol. The fourth-order valence-corrected chi connectivity index (χ4v) is 3.32. The molecule has 3 N–H and O–H groups in total. The molecule has 156 valence electrons. The van der Waals surface area contributed by atoms with Gasteiger partial charge < -0.3 is 20.5 Å². The van der Waals surface area contributed by atoms with E-state index in [0.717, 1.165) is 22.4 Å². The monoisotopic (exact) mass is 424 g/mol. The van der Waals surface area contributed by atoms with Crippen LogP contribution < -0.4 is 10.6 Å². The smallest absolute Gasteiger partial charge is 0.337 e. The van der Waals surface area contributed by atoms with Gasteiger partial charge in [-0.25, -0.2) is 4.79 Å². The Morgan fingerprint density at radius 2 is 1.73 bits per heavy atom. The van der Waals surface area contributed by atoms with E-state index in [9.17, 15) is 9.90 Å². The molecule has 6 heteroatoms. The molecule has 1 atom stereocenters. The molecule has 0 bridgehead atoms. The van der Waals surface area contributed by atoms with Gasteiger partial charge in [-0.1, -0.05) is 48.0 Å².